The van der Waals surface area contributed by atoms with E-state index in [1.807, 2.05) is 18.2 Å². The van der Waals surface area contributed by atoms with Gasteiger partial charge in [0.15, 0.2) is 5.82 Å². The van der Waals surface area contributed by atoms with E-state index in [4.69, 9.17) is 4.52 Å². The Hall–Kier alpha value is -2.63. The number of nitrogens with one attached hydrogen (secondary N) is 1. The predicted molar refractivity (Wildman–Crippen MR) is 80.4 cm³/mol. The summed E-state index contributed by atoms with van der Waals surface area (Å²) in [5.74, 6) is 0.658. The van der Waals surface area contributed by atoms with Crippen LogP contribution >= 0.6 is 0 Å². The lowest BCUT2D eigenvalue weighted by Crippen LogP contribution is -2.43. The van der Waals surface area contributed by atoms with E-state index >= 15 is 0 Å². The first-order chi connectivity index (χ1) is 10.6. The van der Waals surface area contributed by atoms with Gasteiger partial charge >= 0.3 is 0 Å². The van der Waals surface area contributed by atoms with Crippen LogP contribution in [0.4, 0.5) is 5.82 Å². The minimum atomic E-state index is -0.468. The Balaban J connectivity index is 1.72. The summed E-state index contributed by atoms with van der Waals surface area (Å²) in [7, 11) is 0. The van der Waals surface area contributed by atoms with Gasteiger partial charge in [-0.2, -0.15) is 0 Å². The van der Waals surface area contributed by atoms with Crippen LogP contribution in [0.3, 0.4) is 0 Å². The Morgan fingerprint density at radius 3 is 2.77 bits per heavy atom. The largest absolute Gasteiger partial charge is 0.360 e. The van der Waals surface area contributed by atoms with Crippen LogP contribution in [0.1, 0.15) is 29.0 Å². The van der Waals surface area contributed by atoms with Gasteiger partial charge in [-0.1, -0.05) is 23.4 Å². The predicted octanol–water partition coefficient (Wildman–Crippen LogP) is 2.23. The van der Waals surface area contributed by atoms with E-state index in [2.05, 4.69) is 10.5 Å². The minimum absolute atomic E-state index is 0.116. The van der Waals surface area contributed by atoms with Crippen LogP contribution in [0.15, 0.2) is 40.9 Å². The summed E-state index contributed by atoms with van der Waals surface area (Å²) in [6.07, 6.45) is 1.47. The molecule has 1 aliphatic heterocycles. The second-order valence-electron chi connectivity index (χ2n) is 5.33. The van der Waals surface area contributed by atoms with Crippen molar-refractivity contribution in [2.45, 2.75) is 25.8 Å². The van der Waals surface area contributed by atoms with Gasteiger partial charge < -0.3 is 14.7 Å². The Bertz CT molecular complexity index is 681. The number of hydrogen-bond acceptors (Lipinski definition) is 4. The summed E-state index contributed by atoms with van der Waals surface area (Å²) in [6.45, 7) is 2.34. The average molecular weight is 299 g/mol. The maximum Gasteiger partial charge on any atom is 0.254 e. The number of carbonyl (C=O) groups excluding carboxylic acids is 2. The summed E-state index contributed by atoms with van der Waals surface area (Å²) in [5.41, 5.74) is 0.597. The van der Waals surface area contributed by atoms with Gasteiger partial charge in [0, 0.05) is 18.2 Å². The average Bonchev–Trinajstić information content (AvgIpc) is 3.16. The molecule has 1 atom stereocenters. The Kier molecular flexibility index (Phi) is 3.91. The molecule has 1 aromatic carbocycles. The van der Waals surface area contributed by atoms with Crippen LogP contribution in [0, 0.1) is 6.92 Å². The van der Waals surface area contributed by atoms with Gasteiger partial charge in [0.1, 0.15) is 11.8 Å². The number of carbonyl (C=O) groups is 2. The number of rotatable bonds is 3. The van der Waals surface area contributed by atoms with Crippen LogP contribution in [-0.4, -0.2) is 34.5 Å². The second kappa shape index (κ2) is 6.01. The highest BCUT2D eigenvalue weighted by Crippen LogP contribution is 2.21. The summed E-state index contributed by atoms with van der Waals surface area (Å²) >= 11 is 0. The molecule has 2 aromatic rings. The molecule has 0 spiro atoms. The second-order valence-corrected chi connectivity index (χ2v) is 5.33. The van der Waals surface area contributed by atoms with Crippen molar-refractivity contribution >= 4 is 17.6 Å². The molecule has 1 N–H and O–H groups in total. The van der Waals surface area contributed by atoms with Crippen LogP contribution in [-0.2, 0) is 4.79 Å². The third-order valence-corrected chi connectivity index (χ3v) is 3.72. The molecule has 2 heterocycles. The Labute approximate surface area is 128 Å². The number of anilines is 1. The Morgan fingerprint density at radius 2 is 2.09 bits per heavy atom. The SMILES string of the molecule is Cc1cc(NC(=O)C2CCCN2C(=O)c2ccccc2)no1. The van der Waals surface area contributed by atoms with Gasteiger partial charge in [-0.25, -0.2) is 0 Å². The number of hydrogen-bond donors (Lipinski definition) is 1. The fourth-order valence-electron chi connectivity index (χ4n) is 2.66. The van der Waals surface area contributed by atoms with Gasteiger partial charge in [-0.15, -0.1) is 0 Å². The smallest absolute Gasteiger partial charge is 0.254 e. The molecular weight excluding hydrogens is 282 g/mol. The highest BCUT2D eigenvalue weighted by molar-refractivity contribution is 6.01. The lowest BCUT2D eigenvalue weighted by atomic mass is 10.1. The molecule has 2 amide bonds. The standard InChI is InChI=1S/C16H17N3O3/c1-11-10-14(18-22-11)17-15(20)13-8-5-9-19(13)16(21)12-6-3-2-4-7-12/h2-4,6-7,10,13H,5,8-9H2,1H3,(H,17,18,20). The van der Waals surface area contributed by atoms with Gasteiger partial charge in [-0.3, -0.25) is 9.59 Å². The Morgan fingerprint density at radius 1 is 1.32 bits per heavy atom. The van der Waals surface area contributed by atoms with Crippen molar-refractivity contribution in [3.8, 4) is 0 Å². The quantitative estimate of drug-likeness (QED) is 0.943. The zero-order valence-corrected chi connectivity index (χ0v) is 12.3. The third kappa shape index (κ3) is 2.86. The van der Waals surface area contributed by atoms with Crippen LogP contribution in [0.2, 0.25) is 0 Å². The third-order valence-electron chi connectivity index (χ3n) is 3.72. The van der Waals surface area contributed by atoms with Crippen molar-refractivity contribution in [3.63, 3.8) is 0 Å². The number of nitrogens with zero attached hydrogens (tertiary/aromatic N) is 2. The lowest BCUT2D eigenvalue weighted by Gasteiger charge is -2.23. The first-order valence-corrected chi connectivity index (χ1v) is 7.25. The molecule has 1 aromatic heterocycles. The summed E-state index contributed by atoms with van der Waals surface area (Å²) < 4.78 is 4.93. The molecule has 3 rings (SSSR count). The molecule has 0 radical (unpaired) electrons. The fraction of sp³-hybridized carbons (Fsp3) is 0.312. The van der Waals surface area contributed by atoms with E-state index in [0.717, 1.165) is 6.42 Å². The zero-order chi connectivity index (χ0) is 15.5. The molecule has 0 bridgehead atoms. The molecule has 0 saturated carbocycles. The van der Waals surface area contributed by atoms with Gasteiger partial charge in [0.25, 0.3) is 5.91 Å². The first-order valence-electron chi connectivity index (χ1n) is 7.25. The van der Waals surface area contributed by atoms with Crippen molar-refractivity contribution in [2.75, 3.05) is 11.9 Å². The monoisotopic (exact) mass is 299 g/mol. The van der Waals surface area contributed by atoms with E-state index in [0.29, 0.717) is 30.1 Å². The number of benzene rings is 1. The number of likely N-dealkylation sites (tertiary alicyclic amines) is 1. The van der Waals surface area contributed by atoms with Gasteiger partial charge in [0.05, 0.1) is 0 Å². The summed E-state index contributed by atoms with van der Waals surface area (Å²) in [5, 5.41) is 6.45. The lowest BCUT2D eigenvalue weighted by molar-refractivity contribution is -0.119. The first kappa shape index (κ1) is 14.3. The molecule has 1 aliphatic rings. The topological polar surface area (TPSA) is 75.4 Å². The molecule has 22 heavy (non-hydrogen) atoms. The van der Waals surface area contributed by atoms with Crippen LogP contribution in [0.5, 0.6) is 0 Å². The van der Waals surface area contributed by atoms with Crippen LogP contribution < -0.4 is 5.32 Å². The fourth-order valence-corrected chi connectivity index (χ4v) is 2.66. The number of aryl methyl sites for hydroxylation is 1. The highest BCUT2D eigenvalue weighted by atomic mass is 16.5. The van der Waals surface area contributed by atoms with Crippen molar-refractivity contribution in [3.05, 3.63) is 47.7 Å². The molecule has 0 aliphatic carbocycles. The van der Waals surface area contributed by atoms with Crippen molar-refractivity contribution < 1.29 is 14.1 Å². The number of amides is 2. The normalized spacial score (nSPS) is 17.5. The van der Waals surface area contributed by atoms with Gasteiger partial charge in [-0.05, 0) is 31.9 Å². The maximum atomic E-state index is 12.5. The minimum Gasteiger partial charge on any atom is -0.360 e. The van der Waals surface area contributed by atoms with Crippen molar-refractivity contribution in [1.82, 2.24) is 10.1 Å². The summed E-state index contributed by atoms with van der Waals surface area (Å²) in [4.78, 5) is 26.5. The molecular formula is C16H17N3O3. The molecule has 6 nitrogen and oxygen atoms in total. The molecule has 1 unspecified atom stereocenters. The van der Waals surface area contributed by atoms with E-state index in [9.17, 15) is 9.59 Å². The van der Waals surface area contributed by atoms with Crippen molar-refractivity contribution in [2.24, 2.45) is 0 Å². The van der Waals surface area contributed by atoms with E-state index in [1.54, 1.807) is 30.0 Å². The van der Waals surface area contributed by atoms with E-state index in [1.165, 1.54) is 0 Å². The highest BCUT2D eigenvalue weighted by Gasteiger charge is 2.34. The van der Waals surface area contributed by atoms with E-state index in [-0.39, 0.29) is 11.8 Å². The molecule has 1 fully saturated rings. The number of aromatic nitrogens is 1. The maximum absolute atomic E-state index is 12.5. The molecule has 6 heteroatoms. The van der Waals surface area contributed by atoms with Crippen molar-refractivity contribution in [1.29, 1.82) is 0 Å². The molecule has 114 valence electrons. The van der Waals surface area contributed by atoms with Crippen LogP contribution in [0.25, 0.3) is 0 Å². The molecule has 1 saturated heterocycles. The van der Waals surface area contributed by atoms with E-state index < -0.39 is 6.04 Å². The van der Waals surface area contributed by atoms with Gasteiger partial charge in [0.2, 0.25) is 5.91 Å². The summed E-state index contributed by atoms with van der Waals surface area (Å²) in [6, 6.07) is 10.2. The zero-order valence-electron chi connectivity index (χ0n) is 12.3.